The highest BCUT2D eigenvalue weighted by Gasteiger charge is 2.42. The minimum Gasteiger partial charge on any atom is -0.481 e. The Bertz CT molecular complexity index is 694. The maximum Gasteiger partial charge on any atom is 0.311 e. The third kappa shape index (κ3) is 3.89. The van der Waals surface area contributed by atoms with E-state index in [0.717, 1.165) is 31.2 Å². The molecule has 26 heavy (non-hydrogen) atoms. The van der Waals surface area contributed by atoms with Crippen LogP contribution in [0.5, 0.6) is 0 Å². The first-order valence-electron chi connectivity index (χ1n) is 9.28. The van der Waals surface area contributed by atoms with Crippen molar-refractivity contribution >= 4 is 17.8 Å². The molecule has 6 nitrogen and oxygen atoms in total. The number of hydrogen-bond donors (Lipinski definition) is 2. The van der Waals surface area contributed by atoms with E-state index >= 15 is 0 Å². The molecule has 2 amide bonds. The van der Waals surface area contributed by atoms with Gasteiger partial charge in [0, 0.05) is 31.1 Å². The standard InChI is InChI=1S/C20H26N2O4/c1-20(19(25)26)10-11-22(13-20)18(24)16-8-6-14(7-9-16)12-21-17(23)15-4-2-3-5-15/h6-9,15H,2-5,10-13H2,1H3,(H,21,23)(H,25,26). The van der Waals surface area contributed by atoms with Gasteiger partial charge in [0.2, 0.25) is 5.91 Å². The highest BCUT2D eigenvalue weighted by molar-refractivity contribution is 5.95. The summed E-state index contributed by atoms with van der Waals surface area (Å²) in [4.78, 5) is 37.6. The van der Waals surface area contributed by atoms with Crippen molar-refractivity contribution in [2.75, 3.05) is 13.1 Å². The van der Waals surface area contributed by atoms with Gasteiger partial charge in [-0.15, -0.1) is 0 Å². The number of carboxylic acids is 1. The van der Waals surface area contributed by atoms with Crippen molar-refractivity contribution < 1.29 is 19.5 Å². The maximum atomic E-state index is 12.6. The lowest BCUT2D eigenvalue weighted by atomic mass is 9.90. The average molecular weight is 358 g/mol. The van der Waals surface area contributed by atoms with E-state index in [1.807, 2.05) is 12.1 Å². The number of amides is 2. The Morgan fingerprint density at radius 1 is 1.19 bits per heavy atom. The van der Waals surface area contributed by atoms with E-state index in [1.54, 1.807) is 24.0 Å². The molecule has 6 heteroatoms. The Kier molecular flexibility index (Phi) is 5.30. The quantitative estimate of drug-likeness (QED) is 0.846. The molecule has 1 unspecified atom stereocenters. The second-order valence-corrected chi connectivity index (χ2v) is 7.74. The molecule has 1 aromatic rings. The minimum absolute atomic E-state index is 0.118. The fraction of sp³-hybridized carbons (Fsp3) is 0.550. The van der Waals surface area contributed by atoms with E-state index in [2.05, 4.69) is 5.32 Å². The average Bonchev–Trinajstić information content (AvgIpc) is 3.30. The third-order valence-corrected chi connectivity index (χ3v) is 5.67. The van der Waals surface area contributed by atoms with Gasteiger partial charge in [-0.3, -0.25) is 14.4 Å². The molecule has 1 aromatic carbocycles. The molecular formula is C20H26N2O4. The monoisotopic (exact) mass is 358 g/mol. The molecule has 3 rings (SSSR count). The van der Waals surface area contributed by atoms with Gasteiger partial charge in [0.25, 0.3) is 5.91 Å². The van der Waals surface area contributed by atoms with Crippen LogP contribution in [-0.4, -0.2) is 40.9 Å². The van der Waals surface area contributed by atoms with Crippen molar-refractivity contribution in [3.05, 3.63) is 35.4 Å². The fourth-order valence-electron chi connectivity index (χ4n) is 3.78. The van der Waals surface area contributed by atoms with Gasteiger partial charge in [-0.2, -0.15) is 0 Å². The summed E-state index contributed by atoms with van der Waals surface area (Å²) in [5.41, 5.74) is 0.635. The predicted octanol–water partition coefficient (Wildman–Crippen LogP) is 2.43. The van der Waals surface area contributed by atoms with Gasteiger partial charge in [0.1, 0.15) is 0 Å². The molecule has 2 aliphatic rings. The number of rotatable bonds is 5. The Hall–Kier alpha value is -2.37. The molecule has 2 N–H and O–H groups in total. The van der Waals surface area contributed by atoms with Gasteiger partial charge in [-0.1, -0.05) is 25.0 Å². The van der Waals surface area contributed by atoms with Crippen LogP contribution in [0.4, 0.5) is 0 Å². The van der Waals surface area contributed by atoms with E-state index in [4.69, 9.17) is 0 Å². The predicted molar refractivity (Wildman–Crippen MR) is 96.5 cm³/mol. The molecule has 2 fully saturated rings. The van der Waals surface area contributed by atoms with Crippen LogP contribution in [0.25, 0.3) is 0 Å². The van der Waals surface area contributed by atoms with Gasteiger partial charge in [0.05, 0.1) is 5.41 Å². The van der Waals surface area contributed by atoms with Crippen LogP contribution in [0.3, 0.4) is 0 Å². The lowest BCUT2D eigenvalue weighted by Gasteiger charge is -2.20. The summed E-state index contributed by atoms with van der Waals surface area (Å²) < 4.78 is 0. The summed E-state index contributed by atoms with van der Waals surface area (Å²) in [6.45, 7) is 2.84. The van der Waals surface area contributed by atoms with Gasteiger partial charge in [-0.05, 0) is 43.9 Å². The number of nitrogens with zero attached hydrogens (tertiary/aromatic N) is 1. The van der Waals surface area contributed by atoms with E-state index < -0.39 is 11.4 Å². The Morgan fingerprint density at radius 3 is 2.42 bits per heavy atom. The fourth-order valence-corrected chi connectivity index (χ4v) is 3.78. The Morgan fingerprint density at radius 2 is 1.85 bits per heavy atom. The number of aliphatic carboxylic acids is 1. The van der Waals surface area contributed by atoms with Crippen LogP contribution >= 0.6 is 0 Å². The summed E-state index contributed by atoms with van der Waals surface area (Å²) in [5, 5.41) is 12.3. The molecule has 1 saturated carbocycles. The zero-order valence-corrected chi connectivity index (χ0v) is 15.2. The molecule has 1 saturated heterocycles. The van der Waals surface area contributed by atoms with Crippen molar-refractivity contribution in [3.63, 3.8) is 0 Å². The second kappa shape index (κ2) is 7.48. The maximum absolute atomic E-state index is 12.6. The number of carbonyl (C=O) groups is 3. The summed E-state index contributed by atoms with van der Waals surface area (Å²) >= 11 is 0. The normalized spacial score (nSPS) is 23.2. The number of likely N-dealkylation sites (tertiary alicyclic amines) is 1. The number of hydrogen-bond acceptors (Lipinski definition) is 3. The number of carboxylic acid groups (broad SMARTS) is 1. The number of nitrogens with one attached hydrogen (secondary N) is 1. The van der Waals surface area contributed by atoms with E-state index in [1.165, 1.54) is 0 Å². The smallest absolute Gasteiger partial charge is 0.311 e. The molecule has 140 valence electrons. The largest absolute Gasteiger partial charge is 0.481 e. The summed E-state index contributed by atoms with van der Waals surface area (Å²) in [6, 6.07) is 7.18. The molecule has 1 heterocycles. The van der Waals surface area contributed by atoms with Crippen LogP contribution in [0.15, 0.2) is 24.3 Å². The van der Waals surface area contributed by atoms with Crippen molar-refractivity contribution in [2.24, 2.45) is 11.3 Å². The van der Waals surface area contributed by atoms with Gasteiger partial charge >= 0.3 is 5.97 Å². The molecular weight excluding hydrogens is 332 g/mol. The lowest BCUT2D eigenvalue weighted by Crippen LogP contribution is -2.34. The van der Waals surface area contributed by atoms with E-state index in [-0.39, 0.29) is 24.3 Å². The molecule has 1 atom stereocenters. The van der Waals surface area contributed by atoms with Crippen LogP contribution in [0.1, 0.15) is 54.9 Å². The molecule has 1 aliphatic heterocycles. The number of carbonyl (C=O) groups excluding carboxylic acids is 2. The first kappa shape index (κ1) is 18.4. The van der Waals surface area contributed by atoms with Gasteiger partial charge in [0.15, 0.2) is 0 Å². The zero-order chi connectivity index (χ0) is 18.7. The van der Waals surface area contributed by atoms with Gasteiger partial charge in [-0.25, -0.2) is 0 Å². The Labute approximate surface area is 153 Å². The highest BCUT2D eigenvalue weighted by atomic mass is 16.4. The van der Waals surface area contributed by atoms with Crippen molar-refractivity contribution in [1.29, 1.82) is 0 Å². The molecule has 0 aromatic heterocycles. The van der Waals surface area contributed by atoms with Crippen LogP contribution in [0, 0.1) is 11.3 Å². The minimum atomic E-state index is -0.861. The zero-order valence-electron chi connectivity index (χ0n) is 15.2. The SMILES string of the molecule is CC1(C(=O)O)CCN(C(=O)c2ccc(CNC(=O)C3CCCC3)cc2)C1. The van der Waals surface area contributed by atoms with Crippen LogP contribution in [-0.2, 0) is 16.1 Å². The summed E-state index contributed by atoms with van der Waals surface area (Å²) in [6.07, 6.45) is 4.69. The van der Waals surface area contributed by atoms with Crippen LogP contribution < -0.4 is 5.32 Å². The topological polar surface area (TPSA) is 86.7 Å². The van der Waals surface area contributed by atoms with E-state index in [9.17, 15) is 19.5 Å². The van der Waals surface area contributed by atoms with Crippen molar-refractivity contribution in [1.82, 2.24) is 10.2 Å². The summed E-state index contributed by atoms with van der Waals surface area (Å²) in [5.74, 6) is -0.736. The lowest BCUT2D eigenvalue weighted by molar-refractivity contribution is -0.147. The third-order valence-electron chi connectivity index (χ3n) is 5.67. The molecule has 0 bridgehead atoms. The van der Waals surface area contributed by atoms with Crippen LogP contribution in [0.2, 0.25) is 0 Å². The molecule has 0 spiro atoms. The molecule has 0 radical (unpaired) electrons. The highest BCUT2D eigenvalue weighted by Crippen LogP contribution is 2.31. The van der Waals surface area contributed by atoms with Gasteiger partial charge < -0.3 is 15.3 Å². The number of benzene rings is 1. The first-order valence-corrected chi connectivity index (χ1v) is 9.28. The second-order valence-electron chi connectivity index (χ2n) is 7.74. The van der Waals surface area contributed by atoms with Crippen molar-refractivity contribution in [2.45, 2.75) is 45.6 Å². The molecule has 1 aliphatic carbocycles. The van der Waals surface area contributed by atoms with Crippen molar-refractivity contribution in [3.8, 4) is 0 Å². The Balaban J connectivity index is 1.55. The van der Waals surface area contributed by atoms with E-state index in [0.29, 0.717) is 25.1 Å². The first-order chi connectivity index (χ1) is 12.4. The summed E-state index contributed by atoms with van der Waals surface area (Å²) in [7, 11) is 0.